The summed E-state index contributed by atoms with van der Waals surface area (Å²) < 4.78 is 28.1. The molecular formula is C32H25BrF2N6O3. The summed E-state index contributed by atoms with van der Waals surface area (Å²) in [5.41, 5.74) is 3.63. The number of benzene rings is 3. The summed E-state index contributed by atoms with van der Waals surface area (Å²) in [4.78, 5) is 41.7. The zero-order chi connectivity index (χ0) is 30.5. The third-order valence-electron chi connectivity index (χ3n) is 8.40. The number of anilines is 1. The van der Waals surface area contributed by atoms with Gasteiger partial charge in [0.1, 0.15) is 18.2 Å². The maximum Gasteiger partial charge on any atom is 0.264 e. The van der Waals surface area contributed by atoms with E-state index < -0.39 is 41.7 Å². The number of amides is 3. The van der Waals surface area contributed by atoms with Crippen LogP contribution in [0.25, 0.3) is 6.08 Å². The minimum Gasteiger partial charge on any atom is -0.271 e. The topological polar surface area (TPSA) is 98.0 Å². The van der Waals surface area contributed by atoms with E-state index in [1.165, 1.54) is 34.3 Å². The number of hydrazone groups is 1. The average molecular weight is 659 g/mol. The molecule has 3 aliphatic heterocycles. The van der Waals surface area contributed by atoms with Crippen molar-refractivity contribution in [1.82, 2.24) is 10.0 Å². The Morgan fingerprint density at radius 2 is 1.68 bits per heavy atom. The first-order chi connectivity index (χ1) is 21.3. The summed E-state index contributed by atoms with van der Waals surface area (Å²) in [6, 6.07) is 16.4. The van der Waals surface area contributed by atoms with Crippen LogP contribution in [-0.4, -0.2) is 52.1 Å². The van der Waals surface area contributed by atoms with E-state index in [-0.39, 0.29) is 18.3 Å². The lowest BCUT2D eigenvalue weighted by Crippen LogP contribution is -2.45. The number of carbonyl (C=O) groups is 3. The SMILES string of the molecule is O=C1C2N=NN(CC(=O)N3N=C4/C(=C/c5ccc(F)cc5)CCCC4C3c3ccc(F)cc3)C2C(=O)N1c1cccc(Br)c1. The summed E-state index contributed by atoms with van der Waals surface area (Å²) in [6.45, 7) is -0.339. The van der Waals surface area contributed by atoms with Crippen LogP contribution in [0.4, 0.5) is 14.5 Å². The average Bonchev–Trinajstić information content (AvgIpc) is 3.68. The highest BCUT2D eigenvalue weighted by Gasteiger charge is 2.55. The van der Waals surface area contributed by atoms with E-state index in [4.69, 9.17) is 5.10 Å². The molecule has 4 atom stereocenters. The highest BCUT2D eigenvalue weighted by Crippen LogP contribution is 2.45. The molecule has 0 spiro atoms. The van der Waals surface area contributed by atoms with Gasteiger partial charge >= 0.3 is 0 Å². The molecule has 1 saturated carbocycles. The number of fused-ring (bicyclic) bond motifs is 2. The number of carbonyl (C=O) groups excluding carboxylic acids is 3. The van der Waals surface area contributed by atoms with E-state index in [1.807, 2.05) is 6.08 Å². The van der Waals surface area contributed by atoms with Crippen LogP contribution in [0.1, 0.15) is 36.4 Å². The Balaban J connectivity index is 1.19. The second-order valence-electron chi connectivity index (χ2n) is 11.1. The molecule has 9 nitrogen and oxygen atoms in total. The van der Waals surface area contributed by atoms with Gasteiger partial charge in [0, 0.05) is 10.4 Å². The quantitative estimate of drug-likeness (QED) is 0.322. The highest BCUT2D eigenvalue weighted by atomic mass is 79.9. The minimum atomic E-state index is -1.06. The third kappa shape index (κ3) is 4.92. The lowest BCUT2D eigenvalue weighted by atomic mass is 9.77. The molecule has 3 heterocycles. The largest absolute Gasteiger partial charge is 0.271 e. The van der Waals surface area contributed by atoms with Crippen molar-refractivity contribution in [2.24, 2.45) is 21.4 Å². The van der Waals surface area contributed by atoms with Gasteiger partial charge in [-0.3, -0.25) is 19.4 Å². The fourth-order valence-electron chi connectivity index (χ4n) is 6.40. The number of hydrogen-bond donors (Lipinski definition) is 0. The summed E-state index contributed by atoms with van der Waals surface area (Å²) >= 11 is 3.37. The van der Waals surface area contributed by atoms with Crippen LogP contribution < -0.4 is 4.90 Å². The number of nitrogens with zero attached hydrogens (tertiary/aromatic N) is 6. The molecule has 222 valence electrons. The van der Waals surface area contributed by atoms with Gasteiger partial charge in [0.05, 0.1) is 17.4 Å². The van der Waals surface area contributed by atoms with Gasteiger partial charge in [-0.15, -0.1) is 0 Å². The van der Waals surface area contributed by atoms with Crippen LogP contribution in [-0.2, 0) is 14.4 Å². The second-order valence-corrected chi connectivity index (χ2v) is 12.0. The first-order valence-electron chi connectivity index (χ1n) is 14.2. The maximum absolute atomic E-state index is 14.0. The van der Waals surface area contributed by atoms with Gasteiger partial charge in [0.2, 0.25) is 0 Å². The molecule has 3 amide bonds. The van der Waals surface area contributed by atoms with E-state index in [0.717, 1.165) is 46.6 Å². The maximum atomic E-state index is 14.0. The van der Waals surface area contributed by atoms with Crippen molar-refractivity contribution in [3.63, 3.8) is 0 Å². The van der Waals surface area contributed by atoms with Crippen molar-refractivity contribution in [2.45, 2.75) is 37.4 Å². The van der Waals surface area contributed by atoms with Crippen LogP contribution in [0.15, 0.2) is 98.3 Å². The number of allylic oxidation sites excluding steroid dienone is 1. The predicted octanol–water partition coefficient (Wildman–Crippen LogP) is 5.84. The third-order valence-corrected chi connectivity index (χ3v) is 8.89. The van der Waals surface area contributed by atoms with Gasteiger partial charge in [0.25, 0.3) is 17.7 Å². The molecule has 7 rings (SSSR count). The van der Waals surface area contributed by atoms with Crippen molar-refractivity contribution in [3.05, 3.63) is 106 Å². The van der Waals surface area contributed by atoms with Crippen molar-refractivity contribution < 1.29 is 23.2 Å². The van der Waals surface area contributed by atoms with Crippen LogP contribution >= 0.6 is 15.9 Å². The van der Waals surface area contributed by atoms with Crippen molar-refractivity contribution >= 4 is 51.1 Å². The molecule has 0 aromatic heterocycles. The molecule has 4 aliphatic rings. The first kappa shape index (κ1) is 28.2. The van der Waals surface area contributed by atoms with E-state index >= 15 is 0 Å². The minimum absolute atomic E-state index is 0.153. The van der Waals surface area contributed by atoms with Crippen LogP contribution in [0.3, 0.4) is 0 Å². The van der Waals surface area contributed by atoms with E-state index in [0.29, 0.717) is 10.2 Å². The molecule has 3 aromatic rings. The number of imide groups is 1. The number of hydrogen-bond acceptors (Lipinski definition) is 7. The van der Waals surface area contributed by atoms with Gasteiger partial charge in [0.15, 0.2) is 12.1 Å². The van der Waals surface area contributed by atoms with Crippen molar-refractivity contribution in [2.75, 3.05) is 11.4 Å². The Labute approximate surface area is 259 Å². The van der Waals surface area contributed by atoms with Gasteiger partial charge in [-0.05, 0) is 84.5 Å². The predicted molar refractivity (Wildman–Crippen MR) is 161 cm³/mol. The van der Waals surface area contributed by atoms with Gasteiger partial charge < -0.3 is 0 Å². The molecular weight excluding hydrogens is 634 g/mol. The van der Waals surface area contributed by atoms with Crippen molar-refractivity contribution in [1.29, 1.82) is 0 Å². The summed E-state index contributed by atoms with van der Waals surface area (Å²) in [5, 5.41) is 15.6. The van der Waals surface area contributed by atoms with Gasteiger partial charge in [-0.2, -0.15) is 10.2 Å². The molecule has 1 aliphatic carbocycles. The Bertz CT molecular complexity index is 1760. The van der Waals surface area contributed by atoms with Crippen molar-refractivity contribution in [3.8, 4) is 0 Å². The van der Waals surface area contributed by atoms with E-state index in [1.54, 1.807) is 48.5 Å². The Hall–Kier alpha value is -4.58. The molecule has 44 heavy (non-hydrogen) atoms. The summed E-state index contributed by atoms with van der Waals surface area (Å²) in [6.07, 6.45) is 4.30. The Morgan fingerprint density at radius 1 is 0.955 bits per heavy atom. The smallest absolute Gasteiger partial charge is 0.264 e. The summed E-state index contributed by atoms with van der Waals surface area (Å²) in [7, 11) is 0. The molecule has 4 unspecified atom stereocenters. The molecule has 1 saturated heterocycles. The standard InChI is InChI=1S/C32H25BrF2N6O3/c33-21-4-2-5-24(16-21)40-31(43)28-30(32(40)44)39(38-36-28)17-26(42)41-29(19-9-13-23(35)14-10-19)25-6-1-3-20(27(25)37-41)15-18-7-11-22(34)12-8-18/h2,4-5,7-16,25,28-30H,1,3,6,17H2/b20-15+. The second kappa shape index (κ2) is 11.2. The van der Waals surface area contributed by atoms with E-state index in [2.05, 4.69) is 26.3 Å². The summed E-state index contributed by atoms with van der Waals surface area (Å²) in [5.74, 6) is -2.35. The molecule has 12 heteroatoms. The van der Waals surface area contributed by atoms with Crippen LogP contribution in [0.5, 0.6) is 0 Å². The zero-order valence-corrected chi connectivity index (χ0v) is 24.8. The van der Waals surface area contributed by atoms with Crippen LogP contribution in [0, 0.1) is 17.6 Å². The zero-order valence-electron chi connectivity index (χ0n) is 23.2. The highest BCUT2D eigenvalue weighted by molar-refractivity contribution is 9.10. The molecule has 3 aromatic carbocycles. The van der Waals surface area contributed by atoms with E-state index in [9.17, 15) is 23.2 Å². The Kier molecular flexibility index (Phi) is 7.16. The molecule has 0 bridgehead atoms. The lowest BCUT2D eigenvalue weighted by molar-refractivity contribution is -0.136. The number of halogens is 3. The first-order valence-corrected chi connectivity index (χ1v) is 15.0. The van der Waals surface area contributed by atoms with Gasteiger partial charge in [-0.25, -0.2) is 18.7 Å². The normalized spacial score (nSPS) is 25.1. The monoisotopic (exact) mass is 658 g/mol. The Morgan fingerprint density at radius 3 is 2.41 bits per heavy atom. The fraction of sp³-hybridized carbons (Fsp3) is 0.250. The molecule has 0 radical (unpaired) electrons. The fourth-order valence-corrected chi connectivity index (χ4v) is 6.78. The number of rotatable bonds is 5. The van der Waals surface area contributed by atoms with Crippen LogP contribution in [0.2, 0.25) is 0 Å². The lowest BCUT2D eigenvalue weighted by Gasteiger charge is -2.30. The molecule has 2 fully saturated rings. The van der Waals surface area contributed by atoms with Gasteiger partial charge in [-0.1, -0.05) is 51.5 Å². The molecule has 0 N–H and O–H groups in total.